The maximum Gasteiger partial charge on any atom is 0.164 e. The number of rotatable bonds is 7. The molecule has 3 unspecified atom stereocenters. The Hall–Kier alpha value is -7.67. The second-order valence-electron chi connectivity index (χ2n) is 17.2. The molecule has 3 aromatic heterocycles. The summed E-state index contributed by atoms with van der Waals surface area (Å²) < 4.78 is 2.43. The number of hydrogen-bond acceptors (Lipinski definition) is 6. The molecule has 0 N–H and O–H groups in total. The summed E-state index contributed by atoms with van der Waals surface area (Å²) in [5.74, 6) is 3.35. The van der Waals surface area contributed by atoms with Crippen molar-refractivity contribution in [3.8, 4) is 67.8 Å². The number of thiophene rings is 1. The lowest BCUT2D eigenvalue weighted by molar-refractivity contribution is 0.562. The van der Waals surface area contributed by atoms with Crippen molar-refractivity contribution in [1.29, 1.82) is 0 Å². The van der Waals surface area contributed by atoms with Crippen molar-refractivity contribution < 1.29 is 0 Å². The second kappa shape index (κ2) is 16.5. The molecular formula is C59H43N5S. The lowest BCUT2D eigenvalue weighted by atomic mass is 9.81. The van der Waals surface area contributed by atoms with Crippen molar-refractivity contribution in [2.24, 2.45) is 0 Å². The van der Waals surface area contributed by atoms with E-state index >= 15 is 0 Å². The first-order chi connectivity index (χ1) is 32.1. The van der Waals surface area contributed by atoms with Crippen LogP contribution in [-0.4, -0.2) is 24.9 Å². The molecule has 3 heterocycles. The maximum absolute atomic E-state index is 5.38. The Morgan fingerprint density at radius 3 is 1.78 bits per heavy atom. The number of allylic oxidation sites excluding steroid dienone is 4. The average Bonchev–Trinajstić information content (AvgIpc) is 3.71. The van der Waals surface area contributed by atoms with E-state index in [-0.39, 0.29) is 17.8 Å². The standard InChI is InChI=1S/C59H43N5S/c1-37-45-31-29-42(33-49(45)46-26-15-14-25-44(46)35-48(37)52-36-51(38-17-6-2-7-18-38)60-56(61-52)39-19-8-3-9-20-39)43-30-32-53-50(34-43)55-47(27-16-28-54(55)65-53)59-63-57(40-21-10-4-11-22-40)62-58(64-59)41-23-12-5-13-24-41/h2-17,19-34,36-38,48H,18,35H2,1H3. The first-order valence-corrected chi connectivity index (χ1v) is 23.3. The predicted octanol–water partition coefficient (Wildman–Crippen LogP) is 15.1. The van der Waals surface area contributed by atoms with Gasteiger partial charge in [0.1, 0.15) is 0 Å². The number of nitrogens with zero attached hydrogens (tertiary/aromatic N) is 5. The fourth-order valence-corrected chi connectivity index (χ4v) is 10.9. The third-order valence-corrected chi connectivity index (χ3v) is 14.3. The molecule has 2 aliphatic carbocycles. The monoisotopic (exact) mass is 853 g/mol. The first kappa shape index (κ1) is 39.0. The van der Waals surface area contributed by atoms with Crippen LogP contribution < -0.4 is 0 Å². The largest absolute Gasteiger partial charge is 0.233 e. The molecule has 0 radical (unpaired) electrons. The zero-order valence-electron chi connectivity index (χ0n) is 35.8. The van der Waals surface area contributed by atoms with Gasteiger partial charge in [-0.25, -0.2) is 24.9 Å². The van der Waals surface area contributed by atoms with E-state index in [9.17, 15) is 0 Å². The summed E-state index contributed by atoms with van der Waals surface area (Å²) in [4.78, 5) is 25.8. The zero-order chi connectivity index (χ0) is 43.3. The highest BCUT2D eigenvalue weighted by Crippen LogP contribution is 2.47. The molecular weight excluding hydrogens is 811 g/mol. The van der Waals surface area contributed by atoms with Gasteiger partial charge in [0.05, 0.1) is 5.69 Å². The quantitative estimate of drug-likeness (QED) is 0.160. The van der Waals surface area contributed by atoms with Gasteiger partial charge in [-0.15, -0.1) is 11.3 Å². The summed E-state index contributed by atoms with van der Waals surface area (Å²) in [6.45, 7) is 2.39. The van der Waals surface area contributed by atoms with Gasteiger partial charge in [0, 0.05) is 60.0 Å². The number of fused-ring (bicyclic) bond motifs is 6. The molecule has 5 nitrogen and oxygen atoms in total. The van der Waals surface area contributed by atoms with Gasteiger partial charge in [-0.1, -0.05) is 177 Å². The Morgan fingerprint density at radius 1 is 0.462 bits per heavy atom. The van der Waals surface area contributed by atoms with Crippen LogP contribution in [0.4, 0.5) is 0 Å². The van der Waals surface area contributed by atoms with Crippen LogP contribution >= 0.6 is 11.3 Å². The Balaban J connectivity index is 0.971. The van der Waals surface area contributed by atoms with Crippen LogP contribution in [0.25, 0.3) is 88.0 Å². The van der Waals surface area contributed by atoms with E-state index in [1.807, 2.05) is 47.7 Å². The summed E-state index contributed by atoms with van der Waals surface area (Å²) in [5, 5.41) is 2.36. The fraction of sp³-hybridized carbons (Fsp3) is 0.102. The highest BCUT2D eigenvalue weighted by Gasteiger charge is 2.31. The molecule has 10 aromatic rings. The van der Waals surface area contributed by atoms with E-state index < -0.39 is 0 Å². The lowest BCUT2D eigenvalue weighted by Crippen LogP contribution is -2.15. The summed E-state index contributed by atoms with van der Waals surface area (Å²) in [7, 11) is 0. The normalized spacial score (nSPS) is 16.6. The van der Waals surface area contributed by atoms with E-state index in [1.165, 1.54) is 48.2 Å². The minimum absolute atomic E-state index is 0.155. The van der Waals surface area contributed by atoms with Crippen molar-refractivity contribution in [2.75, 3.05) is 0 Å². The van der Waals surface area contributed by atoms with E-state index in [0.717, 1.165) is 57.7 Å². The molecule has 0 amide bonds. The molecule has 12 rings (SSSR count). The molecule has 0 bridgehead atoms. The van der Waals surface area contributed by atoms with Gasteiger partial charge in [0.2, 0.25) is 0 Å². The zero-order valence-corrected chi connectivity index (χ0v) is 36.7. The molecule has 2 aliphatic rings. The van der Waals surface area contributed by atoms with Crippen molar-refractivity contribution in [1.82, 2.24) is 24.9 Å². The molecule has 0 spiro atoms. The Bertz CT molecular complexity index is 3410. The van der Waals surface area contributed by atoms with Crippen LogP contribution in [0, 0.1) is 0 Å². The number of hydrogen-bond donors (Lipinski definition) is 0. The topological polar surface area (TPSA) is 64.5 Å². The molecule has 0 aliphatic heterocycles. The fourth-order valence-electron chi connectivity index (χ4n) is 9.82. The third-order valence-electron chi connectivity index (χ3n) is 13.2. The van der Waals surface area contributed by atoms with Crippen LogP contribution in [0.2, 0.25) is 0 Å². The van der Waals surface area contributed by atoms with Crippen LogP contribution in [0.3, 0.4) is 0 Å². The molecule has 65 heavy (non-hydrogen) atoms. The van der Waals surface area contributed by atoms with E-state index in [1.54, 1.807) is 0 Å². The van der Waals surface area contributed by atoms with Crippen molar-refractivity contribution in [3.05, 3.63) is 223 Å². The van der Waals surface area contributed by atoms with Gasteiger partial charge >= 0.3 is 0 Å². The van der Waals surface area contributed by atoms with E-state index in [2.05, 4.69) is 171 Å². The van der Waals surface area contributed by atoms with Crippen molar-refractivity contribution >= 4 is 31.5 Å². The van der Waals surface area contributed by atoms with Crippen LogP contribution in [0.1, 0.15) is 53.6 Å². The SMILES string of the molecule is CC1c2ccc(-c3ccc4sc5cccc(-c6nc(-c7ccccc7)nc(-c7ccccc7)n6)c5c4c3)cc2-c2ccccc2CC1c1cc(C2C=CC=CC2)nc(-c2ccccc2)n1. The van der Waals surface area contributed by atoms with Gasteiger partial charge in [0.25, 0.3) is 0 Å². The molecule has 310 valence electrons. The molecule has 0 fully saturated rings. The van der Waals surface area contributed by atoms with Crippen molar-refractivity contribution in [2.45, 2.75) is 37.5 Å². The lowest BCUT2D eigenvalue weighted by Gasteiger charge is -2.25. The van der Waals surface area contributed by atoms with Crippen LogP contribution in [0.5, 0.6) is 0 Å². The molecule has 0 saturated carbocycles. The van der Waals surface area contributed by atoms with Gasteiger partial charge in [-0.05, 0) is 82.5 Å². The van der Waals surface area contributed by atoms with Crippen molar-refractivity contribution in [3.63, 3.8) is 0 Å². The maximum atomic E-state index is 5.38. The van der Waals surface area contributed by atoms with Gasteiger partial charge in [-0.2, -0.15) is 0 Å². The Morgan fingerprint density at radius 2 is 1.08 bits per heavy atom. The highest BCUT2D eigenvalue weighted by molar-refractivity contribution is 7.26. The molecule has 3 atom stereocenters. The Labute approximate surface area is 382 Å². The summed E-state index contributed by atoms with van der Waals surface area (Å²) >= 11 is 1.81. The minimum Gasteiger partial charge on any atom is -0.233 e. The van der Waals surface area contributed by atoms with Crippen LogP contribution in [-0.2, 0) is 6.42 Å². The summed E-state index contributed by atoms with van der Waals surface area (Å²) in [6, 6.07) is 62.6. The van der Waals surface area contributed by atoms with E-state index in [4.69, 9.17) is 24.9 Å². The Kier molecular flexibility index (Phi) is 9.87. The minimum atomic E-state index is 0.155. The summed E-state index contributed by atoms with van der Waals surface area (Å²) in [6.07, 6.45) is 10.6. The number of benzene rings is 7. The van der Waals surface area contributed by atoms with Crippen LogP contribution in [0.15, 0.2) is 200 Å². The summed E-state index contributed by atoms with van der Waals surface area (Å²) in [5.41, 5.74) is 13.8. The predicted molar refractivity (Wildman–Crippen MR) is 268 cm³/mol. The molecule has 6 heteroatoms. The smallest absolute Gasteiger partial charge is 0.164 e. The van der Waals surface area contributed by atoms with Gasteiger partial charge < -0.3 is 0 Å². The van der Waals surface area contributed by atoms with Gasteiger partial charge in [0.15, 0.2) is 23.3 Å². The third kappa shape index (κ3) is 7.26. The average molecular weight is 854 g/mol. The first-order valence-electron chi connectivity index (χ1n) is 22.4. The second-order valence-corrected chi connectivity index (χ2v) is 18.2. The molecule has 0 saturated heterocycles. The number of aromatic nitrogens is 5. The highest BCUT2D eigenvalue weighted by atomic mass is 32.1. The van der Waals surface area contributed by atoms with E-state index in [0.29, 0.717) is 17.5 Å². The molecule has 7 aromatic carbocycles. The van der Waals surface area contributed by atoms with Gasteiger partial charge in [-0.3, -0.25) is 0 Å².